The van der Waals surface area contributed by atoms with Crippen LogP contribution in [0.25, 0.3) is 0 Å². The highest BCUT2D eigenvalue weighted by Crippen LogP contribution is 2.32. The number of halogens is 1. The van der Waals surface area contributed by atoms with E-state index >= 15 is 0 Å². The topological polar surface area (TPSA) is 75.6 Å². The Morgan fingerprint density at radius 2 is 2.25 bits per heavy atom. The van der Waals surface area contributed by atoms with Crippen LogP contribution in [0.1, 0.15) is 16.8 Å². The van der Waals surface area contributed by atoms with E-state index in [9.17, 15) is 4.79 Å². The van der Waals surface area contributed by atoms with Crippen LogP contribution in [0.4, 0.5) is 11.4 Å². The second-order valence-corrected chi connectivity index (χ2v) is 5.97. The normalized spacial score (nSPS) is 19.2. The molecule has 1 aromatic rings. The van der Waals surface area contributed by atoms with Crippen molar-refractivity contribution in [1.29, 1.82) is 0 Å². The quantitative estimate of drug-likeness (QED) is 0.824. The third-order valence-corrected chi connectivity index (χ3v) is 4.04. The number of anilines is 2. The van der Waals surface area contributed by atoms with Crippen LogP contribution in [0.15, 0.2) is 12.1 Å². The summed E-state index contributed by atoms with van der Waals surface area (Å²) in [7, 11) is 4.05. The number of rotatable bonds is 4. The van der Waals surface area contributed by atoms with Gasteiger partial charge in [-0.05, 0) is 38.1 Å². The van der Waals surface area contributed by atoms with Crippen LogP contribution in [0.2, 0.25) is 5.02 Å². The first-order valence-corrected chi connectivity index (χ1v) is 7.04. The number of carbonyl (C=O) groups is 1. The van der Waals surface area contributed by atoms with Crippen molar-refractivity contribution in [2.24, 2.45) is 11.7 Å². The van der Waals surface area contributed by atoms with Gasteiger partial charge in [0.2, 0.25) is 0 Å². The third kappa shape index (κ3) is 3.16. The number of primary amides is 1. The maximum atomic E-state index is 11.6. The van der Waals surface area contributed by atoms with E-state index in [1.807, 2.05) is 11.9 Å². The van der Waals surface area contributed by atoms with Crippen LogP contribution in [0.5, 0.6) is 0 Å². The van der Waals surface area contributed by atoms with Crippen molar-refractivity contribution in [2.75, 3.05) is 44.4 Å². The Morgan fingerprint density at radius 3 is 2.80 bits per heavy atom. The van der Waals surface area contributed by atoms with Gasteiger partial charge in [-0.1, -0.05) is 11.6 Å². The fourth-order valence-corrected chi connectivity index (χ4v) is 3.22. The average Bonchev–Trinajstić information content (AvgIpc) is 2.73. The number of hydrogen-bond donors (Lipinski definition) is 2. The molecule has 4 N–H and O–H groups in total. The minimum absolute atomic E-state index is 0.379. The number of likely N-dealkylation sites (tertiary alicyclic amines) is 1. The van der Waals surface area contributed by atoms with Gasteiger partial charge in [-0.2, -0.15) is 0 Å². The molecule has 1 amide bonds. The van der Waals surface area contributed by atoms with Crippen LogP contribution in [-0.2, 0) is 0 Å². The summed E-state index contributed by atoms with van der Waals surface area (Å²) in [6.07, 6.45) is 1.15. The first-order valence-electron chi connectivity index (χ1n) is 6.67. The molecule has 1 heterocycles. The molecule has 110 valence electrons. The highest BCUT2D eigenvalue weighted by Gasteiger charge is 2.23. The third-order valence-electron chi connectivity index (χ3n) is 3.75. The van der Waals surface area contributed by atoms with Crippen molar-refractivity contribution < 1.29 is 4.79 Å². The van der Waals surface area contributed by atoms with Gasteiger partial charge < -0.3 is 21.3 Å². The number of carbonyl (C=O) groups excluding carboxylic acids is 1. The molecule has 0 bridgehead atoms. The SMILES string of the molecule is CN1CCC(CN(C)c2c(Cl)cc(N)cc2C(N)=O)C1. The summed E-state index contributed by atoms with van der Waals surface area (Å²) in [6, 6.07) is 3.24. The molecule has 0 saturated carbocycles. The number of hydrogen-bond acceptors (Lipinski definition) is 4. The number of nitrogens with two attached hydrogens (primary N) is 2. The van der Waals surface area contributed by atoms with E-state index in [2.05, 4.69) is 11.9 Å². The van der Waals surface area contributed by atoms with Gasteiger partial charge in [-0.15, -0.1) is 0 Å². The molecular weight excluding hydrogens is 276 g/mol. The van der Waals surface area contributed by atoms with Gasteiger partial charge in [0, 0.05) is 25.8 Å². The fourth-order valence-electron chi connectivity index (χ4n) is 2.85. The molecule has 1 aliphatic rings. The van der Waals surface area contributed by atoms with Crippen molar-refractivity contribution >= 4 is 28.9 Å². The van der Waals surface area contributed by atoms with E-state index in [0.29, 0.717) is 27.9 Å². The zero-order valence-corrected chi connectivity index (χ0v) is 12.7. The summed E-state index contributed by atoms with van der Waals surface area (Å²) >= 11 is 6.25. The predicted octanol–water partition coefficient (Wildman–Crippen LogP) is 1.41. The molecule has 20 heavy (non-hydrogen) atoms. The Balaban J connectivity index is 2.24. The van der Waals surface area contributed by atoms with Gasteiger partial charge in [0.25, 0.3) is 5.91 Å². The van der Waals surface area contributed by atoms with Crippen LogP contribution in [0, 0.1) is 5.92 Å². The molecule has 1 aliphatic heterocycles. The molecular formula is C14H21ClN4O. The minimum atomic E-state index is -0.510. The summed E-state index contributed by atoms with van der Waals surface area (Å²) < 4.78 is 0. The van der Waals surface area contributed by atoms with Crippen molar-refractivity contribution in [3.05, 3.63) is 22.7 Å². The molecule has 6 heteroatoms. The van der Waals surface area contributed by atoms with E-state index < -0.39 is 5.91 Å². The van der Waals surface area contributed by atoms with Crippen LogP contribution in [-0.4, -0.2) is 44.5 Å². The number of benzene rings is 1. The molecule has 0 radical (unpaired) electrons. The summed E-state index contributed by atoms with van der Waals surface area (Å²) in [6.45, 7) is 3.01. The van der Waals surface area contributed by atoms with Crippen LogP contribution < -0.4 is 16.4 Å². The molecule has 1 atom stereocenters. The van der Waals surface area contributed by atoms with Gasteiger partial charge in [0.1, 0.15) is 0 Å². The lowest BCUT2D eigenvalue weighted by Gasteiger charge is -2.26. The van der Waals surface area contributed by atoms with E-state index in [1.165, 1.54) is 0 Å². The average molecular weight is 297 g/mol. The lowest BCUT2D eigenvalue weighted by Crippen LogP contribution is -2.29. The second-order valence-electron chi connectivity index (χ2n) is 5.56. The van der Waals surface area contributed by atoms with E-state index in [4.69, 9.17) is 23.1 Å². The van der Waals surface area contributed by atoms with Gasteiger partial charge in [-0.25, -0.2) is 0 Å². The number of nitrogen functional groups attached to an aromatic ring is 1. The maximum Gasteiger partial charge on any atom is 0.250 e. The molecule has 0 aromatic heterocycles. The summed E-state index contributed by atoms with van der Waals surface area (Å²) in [5, 5.41) is 0.465. The number of nitrogens with zero attached hydrogens (tertiary/aromatic N) is 2. The molecule has 1 aromatic carbocycles. The van der Waals surface area contributed by atoms with Crippen molar-refractivity contribution in [2.45, 2.75) is 6.42 Å². The first kappa shape index (κ1) is 14.9. The standard InChI is InChI=1S/C14H21ClN4O/c1-18-4-3-9(7-18)8-19(2)13-11(14(17)20)5-10(16)6-12(13)15/h5-6,9H,3-4,7-8,16H2,1-2H3,(H2,17,20). The Morgan fingerprint density at radius 1 is 1.55 bits per heavy atom. The molecule has 0 aliphatic carbocycles. The molecule has 2 rings (SSSR count). The maximum absolute atomic E-state index is 11.6. The molecule has 5 nitrogen and oxygen atoms in total. The highest BCUT2D eigenvalue weighted by molar-refractivity contribution is 6.34. The smallest absolute Gasteiger partial charge is 0.250 e. The molecule has 1 saturated heterocycles. The molecule has 1 fully saturated rings. The lowest BCUT2D eigenvalue weighted by atomic mass is 10.1. The highest BCUT2D eigenvalue weighted by atomic mass is 35.5. The van der Waals surface area contributed by atoms with Crippen molar-refractivity contribution in [3.8, 4) is 0 Å². The van der Waals surface area contributed by atoms with Crippen LogP contribution >= 0.6 is 11.6 Å². The lowest BCUT2D eigenvalue weighted by molar-refractivity contribution is 0.100. The Bertz CT molecular complexity index is 520. The largest absolute Gasteiger partial charge is 0.399 e. The summed E-state index contributed by atoms with van der Waals surface area (Å²) in [5.74, 6) is 0.0592. The zero-order chi connectivity index (χ0) is 14.9. The second kappa shape index (κ2) is 5.89. The molecule has 0 spiro atoms. The summed E-state index contributed by atoms with van der Waals surface area (Å²) in [5.41, 5.74) is 12.7. The minimum Gasteiger partial charge on any atom is -0.399 e. The Kier molecular flexibility index (Phi) is 4.40. The van der Waals surface area contributed by atoms with E-state index in [-0.39, 0.29) is 0 Å². The van der Waals surface area contributed by atoms with E-state index in [1.54, 1.807) is 12.1 Å². The van der Waals surface area contributed by atoms with Crippen molar-refractivity contribution in [3.63, 3.8) is 0 Å². The fraction of sp³-hybridized carbons (Fsp3) is 0.500. The van der Waals surface area contributed by atoms with Crippen molar-refractivity contribution in [1.82, 2.24) is 4.90 Å². The predicted molar refractivity (Wildman–Crippen MR) is 83.3 cm³/mol. The van der Waals surface area contributed by atoms with Gasteiger partial charge >= 0.3 is 0 Å². The van der Waals surface area contributed by atoms with Gasteiger partial charge in [-0.3, -0.25) is 4.79 Å². The van der Waals surface area contributed by atoms with Gasteiger partial charge in [0.15, 0.2) is 0 Å². The first-order chi connectivity index (χ1) is 9.38. The van der Waals surface area contributed by atoms with E-state index in [0.717, 1.165) is 26.1 Å². The molecule has 1 unspecified atom stereocenters. The Labute approximate surface area is 124 Å². The summed E-state index contributed by atoms with van der Waals surface area (Å²) in [4.78, 5) is 15.9. The van der Waals surface area contributed by atoms with Crippen LogP contribution in [0.3, 0.4) is 0 Å². The zero-order valence-electron chi connectivity index (χ0n) is 11.9. The monoisotopic (exact) mass is 296 g/mol. The number of amides is 1. The van der Waals surface area contributed by atoms with Gasteiger partial charge in [0.05, 0.1) is 16.3 Å². The Hall–Kier alpha value is -1.46.